The number of amides is 1. The van der Waals surface area contributed by atoms with Crippen molar-refractivity contribution in [2.75, 3.05) is 26.3 Å². The summed E-state index contributed by atoms with van der Waals surface area (Å²) in [5.74, 6) is -5.42. The highest BCUT2D eigenvalue weighted by atomic mass is 19.4. The van der Waals surface area contributed by atoms with Crippen LogP contribution in [0.2, 0.25) is 0 Å². The van der Waals surface area contributed by atoms with E-state index in [1.165, 1.54) is 4.90 Å². The number of aromatic nitrogens is 3. The van der Waals surface area contributed by atoms with Crippen molar-refractivity contribution in [3.05, 3.63) is 47.4 Å². The number of hydrogen-bond donors (Lipinski definition) is 0. The number of nitrogens with zero attached hydrogens (tertiary/aromatic N) is 4. The van der Waals surface area contributed by atoms with Crippen LogP contribution in [0.4, 0.5) is 30.7 Å². The Morgan fingerprint density at radius 3 is 2.42 bits per heavy atom. The van der Waals surface area contributed by atoms with Gasteiger partial charge in [0.1, 0.15) is 11.2 Å². The van der Waals surface area contributed by atoms with Gasteiger partial charge in [-0.2, -0.15) is 13.2 Å². The molecule has 3 aromatic rings. The third-order valence-corrected chi connectivity index (χ3v) is 5.11. The molecule has 3 heterocycles. The van der Waals surface area contributed by atoms with E-state index in [-0.39, 0.29) is 36.4 Å². The zero-order chi connectivity index (χ0) is 23.9. The molecule has 176 valence electrons. The fourth-order valence-corrected chi connectivity index (χ4v) is 3.62. The van der Waals surface area contributed by atoms with Gasteiger partial charge in [0.15, 0.2) is 11.6 Å². The molecule has 33 heavy (non-hydrogen) atoms. The van der Waals surface area contributed by atoms with Gasteiger partial charge in [0.05, 0.1) is 30.8 Å². The molecule has 0 unspecified atom stereocenters. The molecule has 2 aromatic heterocycles. The second-order valence-electron chi connectivity index (χ2n) is 7.16. The molecule has 1 amide bonds. The Kier molecular flexibility index (Phi) is 5.99. The van der Waals surface area contributed by atoms with Crippen molar-refractivity contribution >= 4 is 16.9 Å². The van der Waals surface area contributed by atoms with Gasteiger partial charge in [-0.1, -0.05) is 0 Å². The number of imidazole rings is 1. The molecule has 0 bridgehead atoms. The Morgan fingerprint density at radius 1 is 1.09 bits per heavy atom. The lowest BCUT2D eigenvalue weighted by Gasteiger charge is -2.27. The van der Waals surface area contributed by atoms with Gasteiger partial charge in [-0.05, 0) is 18.2 Å². The molecule has 4 rings (SSSR count). The monoisotopic (exact) mass is 476 g/mol. The largest absolute Gasteiger partial charge is 0.449 e. The third-order valence-electron chi connectivity index (χ3n) is 5.11. The lowest BCUT2D eigenvalue weighted by molar-refractivity contribution is -0.147. The van der Waals surface area contributed by atoms with Gasteiger partial charge in [0.25, 0.3) is 12.3 Å². The Hall–Kier alpha value is -3.22. The molecule has 0 saturated carbocycles. The van der Waals surface area contributed by atoms with Crippen LogP contribution in [-0.2, 0) is 17.5 Å². The SMILES string of the molecule is O=C(c1ccc(-c2nccc3c2nc(C(F)(F)F)n3CC(F)F)c(F)c1F)N1CCOCC1. The summed E-state index contributed by atoms with van der Waals surface area (Å²) in [5, 5.41) is 0. The van der Waals surface area contributed by atoms with Crippen LogP contribution in [0.3, 0.4) is 0 Å². The smallest absolute Gasteiger partial charge is 0.378 e. The highest BCUT2D eigenvalue weighted by molar-refractivity contribution is 5.96. The van der Waals surface area contributed by atoms with Gasteiger partial charge >= 0.3 is 6.18 Å². The number of morpholine rings is 1. The number of pyridine rings is 1. The van der Waals surface area contributed by atoms with Gasteiger partial charge in [-0.15, -0.1) is 0 Å². The van der Waals surface area contributed by atoms with E-state index in [1.807, 2.05) is 0 Å². The molecular weight excluding hydrogens is 461 g/mol. The van der Waals surface area contributed by atoms with Crippen LogP contribution in [0.5, 0.6) is 0 Å². The average molecular weight is 476 g/mol. The van der Waals surface area contributed by atoms with Crippen LogP contribution in [0.15, 0.2) is 24.4 Å². The zero-order valence-electron chi connectivity index (χ0n) is 16.7. The number of benzene rings is 1. The fourth-order valence-electron chi connectivity index (χ4n) is 3.62. The Bertz CT molecular complexity index is 1200. The molecule has 6 nitrogen and oxygen atoms in total. The van der Waals surface area contributed by atoms with Gasteiger partial charge in [-0.3, -0.25) is 9.78 Å². The first-order chi connectivity index (χ1) is 15.6. The minimum atomic E-state index is -5.08. The molecule has 0 aliphatic carbocycles. The lowest BCUT2D eigenvalue weighted by Crippen LogP contribution is -2.41. The number of fused-ring (bicyclic) bond motifs is 1. The highest BCUT2D eigenvalue weighted by Gasteiger charge is 2.39. The number of ether oxygens (including phenoxy) is 1. The molecule has 1 aliphatic rings. The number of carbonyl (C=O) groups excluding carboxylic acids is 1. The van der Waals surface area contributed by atoms with Gasteiger partial charge in [0, 0.05) is 24.8 Å². The lowest BCUT2D eigenvalue weighted by atomic mass is 10.0. The second-order valence-corrected chi connectivity index (χ2v) is 7.16. The highest BCUT2D eigenvalue weighted by Crippen LogP contribution is 2.36. The van der Waals surface area contributed by atoms with Crippen LogP contribution in [0.25, 0.3) is 22.3 Å². The predicted octanol–water partition coefficient (Wildman–Crippen LogP) is 4.13. The van der Waals surface area contributed by atoms with Crippen LogP contribution in [-0.4, -0.2) is 58.1 Å². The van der Waals surface area contributed by atoms with Crippen molar-refractivity contribution in [3.63, 3.8) is 0 Å². The molecular formula is C20H15F7N4O2. The van der Waals surface area contributed by atoms with Crippen molar-refractivity contribution in [1.29, 1.82) is 0 Å². The topological polar surface area (TPSA) is 60.2 Å². The maximum absolute atomic E-state index is 15.0. The minimum Gasteiger partial charge on any atom is -0.378 e. The van der Waals surface area contributed by atoms with Crippen molar-refractivity contribution in [3.8, 4) is 11.3 Å². The molecule has 0 atom stereocenters. The first-order valence-corrected chi connectivity index (χ1v) is 9.65. The summed E-state index contributed by atoms with van der Waals surface area (Å²) >= 11 is 0. The predicted molar refractivity (Wildman–Crippen MR) is 101 cm³/mol. The first-order valence-electron chi connectivity index (χ1n) is 9.65. The maximum atomic E-state index is 15.0. The molecule has 1 fully saturated rings. The van der Waals surface area contributed by atoms with E-state index in [9.17, 15) is 35.5 Å². The number of rotatable bonds is 4. The van der Waals surface area contributed by atoms with Gasteiger partial charge in [-0.25, -0.2) is 22.5 Å². The van der Waals surface area contributed by atoms with Crippen molar-refractivity contribution < 1.29 is 40.3 Å². The molecule has 1 saturated heterocycles. The third kappa shape index (κ3) is 4.24. The van der Waals surface area contributed by atoms with Gasteiger partial charge in [0.2, 0.25) is 5.82 Å². The van der Waals surface area contributed by atoms with E-state index < -0.39 is 64.9 Å². The molecule has 0 N–H and O–H groups in total. The molecule has 1 aliphatic heterocycles. The number of carbonyl (C=O) groups is 1. The Morgan fingerprint density at radius 2 is 1.79 bits per heavy atom. The number of alkyl halides is 5. The van der Waals surface area contributed by atoms with E-state index in [1.54, 1.807) is 0 Å². The maximum Gasteiger partial charge on any atom is 0.449 e. The molecule has 13 heteroatoms. The summed E-state index contributed by atoms with van der Waals surface area (Å²) in [5.41, 5.74) is -2.51. The first kappa shape index (κ1) is 23.0. The summed E-state index contributed by atoms with van der Waals surface area (Å²) in [7, 11) is 0. The summed E-state index contributed by atoms with van der Waals surface area (Å²) in [6, 6.07) is 3.01. The Labute approximate surface area is 181 Å². The average Bonchev–Trinajstić information content (AvgIpc) is 3.14. The zero-order valence-corrected chi connectivity index (χ0v) is 16.7. The number of hydrogen-bond acceptors (Lipinski definition) is 4. The number of halogens is 7. The summed E-state index contributed by atoms with van der Waals surface area (Å²) in [4.78, 5) is 21.0. The quantitative estimate of drug-likeness (QED) is 0.532. The van der Waals surface area contributed by atoms with Gasteiger partial charge < -0.3 is 14.2 Å². The van der Waals surface area contributed by atoms with E-state index >= 15 is 0 Å². The molecule has 0 spiro atoms. The Balaban J connectivity index is 1.83. The van der Waals surface area contributed by atoms with E-state index in [0.29, 0.717) is 0 Å². The van der Waals surface area contributed by atoms with Crippen LogP contribution >= 0.6 is 0 Å². The van der Waals surface area contributed by atoms with E-state index in [4.69, 9.17) is 4.74 Å². The second kappa shape index (κ2) is 8.61. The fraction of sp³-hybridized carbons (Fsp3) is 0.350. The summed E-state index contributed by atoms with van der Waals surface area (Å²) < 4.78 is 101. The van der Waals surface area contributed by atoms with Crippen molar-refractivity contribution in [1.82, 2.24) is 19.4 Å². The summed E-state index contributed by atoms with van der Waals surface area (Å²) in [6.45, 7) is -0.460. The van der Waals surface area contributed by atoms with Crippen LogP contribution < -0.4 is 0 Å². The van der Waals surface area contributed by atoms with Crippen molar-refractivity contribution in [2.45, 2.75) is 19.1 Å². The molecule has 0 radical (unpaired) electrons. The van der Waals surface area contributed by atoms with E-state index in [0.717, 1.165) is 24.4 Å². The summed E-state index contributed by atoms with van der Waals surface area (Å²) in [6.07, 6.45) is -7.23. The van der Waals surface area contributed by atoms with Crippen LogP contribution in [0, 0.1) is 11.6 Å². The van der Waals surface area contributed by atoms with E-state index in [2.05, 4.69) is 9.97 Å². The standard InChI is InChI=1S/C20H15F7N4O2/c21-13(22)9-31-12-3-4-28-16(17(12)29-19(31)20(25,26)27)10-1-2-11(15(24)14(10)23)18(32)30-5-7-33-8-6-30/h1-4,13H,5-9H2. The normalized spacial score (nSPS) is 15.0. The minimum absolute atomic E-state index is 0.185. The van der Waals surface area contributed by atoms with Crippen LogP contribution in [0.1, 0.15) is 16.2 Å². The molecule has 1 aromatic carbocycles. The van der Waals surface area contributed by atoms with Crippen molar-refractivity contribution in [2.24, 2.45) is 0 Å².